The summed E-state index contributed by atoms with van der Waals surface area (Å²) in [6, 6.07) is 11.0. The molecule has 1 atom stereocenters. The van der Waals surface area contributed by atoms with Gasteiger partial charge in [-0.3, -0.25) is 4.79 Å². The van der Waals surface area contributed by atoms with Gasteiger partial charge in [0, 0.05) is 9.99 Å². The van der Waals surface area contributed by atoms with Crippen molar-refractivity contribution in [1.29, 1.82) is 0 Å². The van der Waals surface area contributed by atoms with Gasteiger partial charge in [0.2, 0.25) is 0 Å². The summed E-state index contributed by atoms with van der Waals surface area (Å²) in [5.41, 5.74) is 0.882. The summed E-state index contributed by atoms with van der Waals surface area (Å²) in [5.74, 6) is -1.74. The molecule has 0 aliphatic carbocycles. The van der Waals surface area contributed by atoms with Crippen LogP contribution in [0.25, 0.3) is 0 Å². The van der Waals surface area contributed by atoms with Crippen molar-refractivity contribution in [3.63, 3.8) is 0 Å². The van der Waals surface area contributed by atoms with Gasteiger partial charge >= 0.3 is 5.97 Å². The molecule has 7 heteroatoms. The summed E-state index contributed by atoms with van der Waals surface area (Å²) in [7, 11) is 0. The molecule has 1 unspecified atom stereocenters. The Balaban J connectivity index is 2.18. The van der Waals surface area contributed by atoms with E-state index in [0.717, 1.165) is 9.13 Å². The van der Waals surface area contributed by atoms with Gasteiger partial charge < -0.3 is 10.4 Å². The van der Waals surface area contributed by atoms with Gasteiger partial charge in [-0.2, -0.15) is 0 Å². The number of carboxylic acids is 1. The zero-order valence-corrected chi connectivity index (χ0v) is 15.4. The van der Waals surface area contributed by atoms with Crippen molar-refractivity contribution in [2.45, 2.75) is 12.5 Å². The number of carboxylic acid groups (broad SMARTS) is 1. The van der Waals surface area contributed by atoms with E-state index in [4.69, 9.17) is 23.2 Å². The van der Waals surface area contributed by atoms with E-state index in [-0.39, 0.29) is 22.0 Å². The highest BCUT2D eigenvalue weighted by atomic mass is 127. The minimum Gasteiger partial charge on any atom is -0.480 e. The van der Waals surface area contributed by atoms with Crippen LogP contribution in [0.15, 0.2) is 42.5 Å². The zero-order valence-electron chi connectivity index (χ0n) is 11.7. The number of hydrogen-bond acceptors (Lipinski definition) is 2. The van der Waals surface area contributed by atoms with E-state index in [1.54, 1.807) is 6.07 Å². The number of nitrogens with one attached hydrogen (secondary N) is 1. The number of amides is 1. The van der Waals surface area contributed by atoms with Crippen molar-refractivity contribution < 1.29 is 14.7 Å². The average molecular weight is 464 g/mol. The topological polar surface area (TPSA) is 66.4 Å². The van der Waals surface area contributed by atoms with Crippen LogP contribution in [0.3, 0.4) is 0 Å². The standard InChI is InChI=1S/C16H12Cl2INO3/c17-11-2-1-3-12(18)14(11)15(21)20-13(16(22)23)8-9-4-6-10(19)7-5-9/h1-7,13H,8H2,(H,20,21)(H,22,23). The summed E-state index contributed by atoms with van der Waals surface area (Å²) in [5, 5.41) is 12.2. The fraction of sp³-hybridized carbons (Fsp3) is 0.125. The molecule has 0 aliphatic heterocycles. The summed E-state index contributed by atoms with van der Waals surface area (Å²) in [6.07, 6.45) is 0.167. The summed E-state index contributed by atoms with van der Waals surface area (Å²) in [4.78, 5) is 23.7. The molecule has 1 amide bonds. The number of rotatable bonds is 5. The predicted molar refractivity (Wildman–Crippen MR) is 98.2 cm³/mol. The Morgan fingerprint density at radius 2 is 1.65 bits per heavy atom. The van der Waals surface area contributed by atoms with Crippen LogP contribution < -0.4 is 5.32 Å². The Hall–Kier alpha value is -1.31. The quantitative estimate of drug-likeness (QED) is 0.658. The van der Waals surface area contributed by atoms with Gasteiger partial charge in [0.05, 0.1) is 15.6 Å². The maximum absolute atomic E-state index is 12.3. The van der Waals surface area contributed by atoms with Gasteiger partial charge in [-0.15, -0.1) is 0 Å². The van der Waals surface area contributed by atoms with Gasteiger partial charge in [-0.1, -0.05) is 41.4 Å². The summed E-state index contributed by atoms with van der Waals surface area (Å²) >= 11 is 14.1. The van der Waals surface area contributed by atoms with E-state index >= 15 is 0 Å². The first-order chi connectivity index (χ1) is 10.9. The monoisotopic (exact) mass is 463 g/mol. The maximum atomic E-state index is 12.3. The van der Waals surface area contributed by atoms with Crippen LogP contribution in [0.4, 0.5) is 0 Å². The zero-order chi connectivity index (χ0) is 17.0. The van der Waals surface area contributed by atoms with Crippen LogP contribution in [-0.2, 0) is 11.2 Å². The van der Waals surface area contributed by atoms with E-state index in [1.165, 1.54) is 12.1 Å². The van der Waals surface area contributed by atoms with Gasteiger partial charge in [0.1, 0.15) is 6.04 Å². The van der Waals surface area contributed by atoms with E-state index < -0.39 is 17.9 Å². The second-order valence-corrected chi connectivity index (χ2v) is 6.85. The second kappa shape index (κ2) is 7.99. The molecule has 120 valence electrons. The summed E-state index contributed by atoms with van der Waals surface area (Å²) in [6.45, 7) is 0. The minimum atomic E-state index is -1.12. The molecule has 0 saturated carbocycles. The molecular weight excluding hydrogens is 452 g/mol. The predicted octanol–water partition coefficient (Wildman–Crippen LogP) is 4.02. The number of carbonyl (C=O) groups excluding carboxylic acids is 1. The van der Waals surface area contributed by atoms with Crippen molar-refractivity contribution in [2.24, 2.45) is 0 Å². The van der Waals surface area contributed by atoms with Crippen LogP contribution in [0.5, 0.6) is 0 Å². The second-order valence-electron chi connectivity index (χ2n) is 4.79. The number of aliphatic carboxylic acids is 1. The number of carbonyl (C=O) groups is 2. The first kappa shape index (κ1) is 18.0. The van der Waals surface area contributed by atoms with Gasteiger partial charge in [0.15, 0.2) is 0 Å². The number of halogens is 3. The van der Waals surface area contributed by atoms with E-state index in [9.17, 15) is 14.7 Å². The van der Waals surface area contributed by atoms with Crippen LogP contribution in [0.1, 0.15) is 15.9 Å². The molecule has 0 radical (unpaired) electrons. The van der Waals surface area contributed by atoms with E-state index in [2.05, 4.69) is 27.9 Å². The average Bonchev–Trinajstić information content (AvgIpc) is 2.48. The molecule has 2 rings (SSSR count). The van der Waals surface area contributed by atoms with Crippen LogP contribution in [0.2, 0.25) is 10.0 Å². The highest BCUT2D eigenvalue weighted by Crippen LogP contribution is 2.24. The Bertz CT molecular complexity index is 714. The molecular formula is C16H12Cl2INO3. The SMILES string of the molecule is O=C(NC(Cc1ccc(I)cc1)C(=O)O)c1c(Cl)cccc1Cl. The Labute approximate surface area is 156 Å². The highest BCUT2D eigenvalue weighted by Gasteiger charge is 2.23. The molecule has 0 bridgehead atoms. The minimum absolute atomic E-state index is 0.0738. The molecule has 0 saturated heterocycles. The van der Waals surface area contributed by atoms with Crippen molar-refractivity contribution in [2.75, 3.05) is 0 Å². The third-order valence-corrected chi connectivity index (χ3v) is 4.50. The molecule has 0 aromatic heterocycles. The lowest BCUT2D eigenvalue weighted by molar-refractivity contribution is -0.139. The fourth-order valence-corrected chi connectivity index (χ4v) is 2.93. The van der Waals surface area contributed by atoms with Crippen molar-refractivity contribution >= 4 is 57.7 Å². The Kier molecular flexibility index (Phi) is 6.26. The summed E-state index contributed by atoms with van der Waals surface area (Å²) < 4.78 is 1.05. The Morgan fingerprint density at radius 3 is 2.17 bits per heavy atom. The van der Waals surface area contributed by atoms with Crippen molar-refractivity contribution in [1.82, 2.24) is 5.32 Å². The normalized spacial score (nSPS) is 11.8. The first-order valence-corrected chi connectivity index (χ1v) is 8.44. The largest absolute Gasteiger partial charge is 0.480 e. The molecule has 2 aromatic carbocycles. The van der Waals surface area contributed by atoms with Crippen molar-refractivity contribution in [3.05, 3.63) is 67.2 Å². The number of benzene rings is 2. The lowest BCUT2D eigenvalue weighted by atomic mass is 10.1. The third-order valence-electron chi connectivity index (χ3n) is 3.15. The molecule has 0 spiro atoms. The third kappa shape index (κ3) is 4.83. The molecule has 2 N–H and O–H groups in total. The van der Waals surface area contributed by atoms with Gasteiger partial charge in [0.25, 0.3) is 5.91 Å². The van der Waals surface area contributed by atoms with Crippen LogP contribution in [0, 0.1) is 3.57 Å². The van der Waals surface area contributed by atoms with Crippen LogP contribution >= 0.6 is 45.8 Å². The first-order valence-electron chi connectivity index (χ1n) is 6.60. The molecule has 4 nitrogen and oxygen atoms in total. The lowest BCUT2D eigenvalue weighted by Crippen LogP contribution is -2.42. The van der Waals surface area contributed by atoms with Gasteiger partial charge in [-0.05, 0) is 52.4 Å². The number of hydrogen-bond donors (Lipinski definition) is 2. The molecule has 0 aliphatic rings. The van der Waals surface area contributed by atoms with E-state index in [0.29, 0.717) is 0 Å². The van der Waals surface area contributed by atoms with E-state index in [1.807, 2.05) is 24.3 Å². The van der Waals surface area contributed by atoms with Crippen molar-refractivity contribution in [3.8, 4) is 0 Å². The highest BCUT2D eigenvalue weighted by molar-refractivity contribution is 14.1. The Morgan fingerprint density at radius 1 is 1.09 bits per heavy atom. The lowest BCUT2D eigenvalue weighted by Gasteiger charge is -2.16. The molecule has 23 heavy (non-hydrogen) atoms. The fourth-order valence-electron chi connectivity index (χ4n) is 2.00. The van der Waals surface area contributed by atoms with Crippen LogP contribution in [-0.4, -0.2) is 23.0 Å². The molecule has 0 fully saturated rings. The smallest absolute Gasteiger partial charge is 0.326 e. The molecule has 2 aromatic rings. The van der Waals surface area contributed by atoms with Gasteiger partial charge in [-0.25, -0.2) is 4.79 Å². The maximum Gasteiger partial charge on any atom is 0.326 e. The molecule has 0 heterocycles.